The molecule has 1 aliphatic rings. The van der Waals surface area contributed by atoms with Crippen LogP contribution in [0.1, 0.15) is 23.2 Å². The summed E-state index contributed by atoms with van der Waals surface area (Å²) in [6.07, 6.45) is -3.67. The second-order valence-corrected chi connectivity index (χ2v) is 6.44. The van der Waals surface area contributed by atoms with Crippen LogP contribution in [0.5, 0.6) is 0 Å². The van der Waals surface area contributed by atoms with Crippen molar-refractivity contribution in [2.45, 2.75) is 19.0 Å². The monoisotopic (exact) mass is 357 g/mol. The average molecular weight is 357 g/mol. The van der Waals surface area contributed by atoms with Gasteiger partial charge in [0.25, 0.3) is 5.91 Å². The summed E-state index contributed by atoms with van der Waals surface area (Å²) >= 11 is 0. The molecule has 1 saturated heterocycles. The number of halogens is 3. The van der Waals surface area contributed by atoms with Crippen molar-refractivity contribution in [3.8, 4) is 0 Å². The quantitative estimate of drug-likeness (QED) is 0.901. The molecular formula is C17H22F3N3O2. The Bertz CT molecular complexity index is 615. The van der Waals surface area contributed by atoms with Gasteiger partial charge in [-0.2, -0.15) is 13.2 Å². The first kappa shape index (κ1) is 19.2. The maximum Gasteiger partial charge on any atom is 0.393 e. The van der Waals surface area contributed by atoms with E-state index in [-0.39, 0.29) is 31.3 Å². The Morgan fingerprint density at radius 2 is 1.88 bits per heavy atom. The van der Waals surface area contributed by atoms with Crippen molar-refractivity contribution in [3.63, 3.8) is 0 Å². The van der Waals surface area contributed by atoms with Crippen LogP contribution in [0.25, 0.3) is 0 Å². The fourth-order valence-corrected chi connectivity index (χ4v) is 2.82. The molecule has 0 aliphatic carbocycles. The second kappa shape index (κ2) is 7.86. The van der Waals surface area contributed by atoms with Crippen LogP contribution in [0.3, 0.4) is 0 Å². The lowest BCUT2D eigenvalue weighted by atomic mass is 9.97. The molecule has 0 spiro atoms. The largest absolute Gasteiger partial charge is 0.393 e. The number of carbonyl (C=O) groups is 2. The Balaban J connectivity index is 1.89. The number of benzene rings is 1. The number of nitrogens with one attached hydrogen (secondary N) is 1. The highest BCUT2D eigenvalue weighted by atomic mass is 19.4. The van der Waals surface area contributed by atoms with E-state index in [1.54, 1.807) is 38.4 Å². The molecule has 1 fully saturated rings. The molecule has 138 valence electrons. The highest BCUT2D eigenvalue weighted by Crippen LogP contribution is 2.32. The number of carbonyl (C=O) groups excluding carboxylic acids is 2. The molecule has 1 N–H and O–H groups in total. The first-order chi connectivity index (χ1) is 11.7. The normalized spacial score (nSPS) is 18.7. The van der Waals surface area contributed by atoms with Gasteiger partial charge in [0.2, 0.25) is 5.91 Å². The SMILES string of the molecule is CN(C)C(=O)c1ccc(NC(=O)CN2CCCC(C(F)(F)F)C2)cc1. The van der Waals surface area contributed by atoms with Gasteiger partial charge in [-0.25, -0.2) is 0 Å². The van der Waals surface area contributed by atoms with E-state index in [0.717, 1.165) is 0 Å². The predicted molar refractivity (Wildman–Crippen MR) is 88.3 cm³/mol. The van der Waals surface area contributed by atoms with Gasteiger partial charge in [0.05, 0.1) is 12.5 Å². The lowest BCUT2D eigenvalue weighted by Crippen LogP contribution is -2.44. The molecule has 1 aromatic carbocycles. The number of hydrogen-bond acceptors (Lipinski definition) is 3. The smallest absolute Gasteiger partial charge is 0.345 e. The van der Waals surface area contributed by atoms with Crippen molar-refractivity contribution in [2.24, 2.45) is 5.92 Å². The zero-order chi connectivity index (χ0) is 18.6. The summed E-state index contributed by atoms with van der Waals surface area (Å²) in [6.45, 7) is 0.258. The third-order valence-corrected chi connectivity index (χ3v) is 4.16. The van der Waals surface area contributed by atoms with Crippen molar-refractivity contribution in [1.82, 2.24) is 9.80 Å². The average Bonchev–Trinajstić information content (AvgIpc) is 2.54. The molecule has 0 aromatic heterocycles. The molecule has 1 heterocycles. The predicted octanol–water partition coefficient (Wildman–Crippen LogP) is 2.60. The van der Waals surface area contributed by atoms with Crippen LogP contribution >= 0.6 is 0 Å². The molecule has 25 heavy (non-hydrogen) atoms. The van der Waals surface area contributed by atoms with E-state index < -0.39 is 12.1 Å². The van der Waals surface area contributed by atoms with Gasteiger partial charge < -0.3 is 10.2 Å². The molecule has 1 atom stereocenters. The number of nitrogens with zero attached hydrogens (tertiary/aromatic N) is 2. The molecule has 1 unspecified atom stereocenters. The Labute approximate surface area is 144 Å². The van der Waals surface area contributed by atoms with Gasteiger partial charge in [-0.3, -0.25) is 14.5 Å². The van der Waals surface area contributed by atoms with E-state index in [9.17, 15) is 22.8 Å². The maximum atomic E-state index is 12.8. The molecule has 1 aromatic rings. The minimum absolute atomic E-state index is 0.0784. The Hall–Kier alpha value is -2.09. The number of piperidine rings is 1. The minimum atomic E-state index is -4.22. The van der Waals surface area contributed by atoms with Gasteiger partial charge in [0, 0.05) is 31.9 Å². The van der Waals surface area contributed by atoms with E-state index in [4.69, 9.17) is 0 Å². The summed E-state index contributed by atoms with van der Waals surface area (Å²) in [5.74, 6) is -1.88. The molecule has 2 rings (SSSR count). The highest BCUT2D eigenvalue weighted by molar-refractivity contribution is 5.96. The zero-order valence-corrected chi connectivity index (χ0v) is 14.3. The topological polar surface area (TPSA) is 52.7 Å². The number of alkyl halides is 3. The van der Waals surface area contributed by atoms with Crippen molar-refractivity contribution >= 4 is 17.5 Å². The Kier molecular flexibility index (Phi) is 6.05. The van der Waals surface area contributed by atoms with Crippen LogP contribution in [0.2, 0.25) is 0 Å². The van der Waals surface area contributed by atoms with Gasteiger partial charge >= 0.3 is 6.18 Å². The van der Waals surface area contributed by atoms with Gasteiger partial charge in [0.1, 0.15) is 0 Å². The van der Waals surface area contributed by atoms with Gasteiger partial charge in [-0.05, 0) is 43.7 Å². The number of anilines is 1. The molecule has 2 amide bonds. The zero-order valence-electron chi connectivity index (χ0n) is 14.3. The summed E-state index contributed by atoms with van der Waals surface area (Å²) in [4.78, 5) is 26.8. The fourth-order valence-electron chi connectivity index (χ4n) is 2.82. The maximum absolute atomic E-state index is 12.8. The Morgan fingerprint density at radius 3 is 2.44 bits per heavy atom. The van der Waals surface area contributed by atoms with Crippen LogP contribution in [0.4, 0.5) is 18.9 Å². The van der Waals surface area contributed by atoms with Gasteiger partial charge in [0.15, 0.2) is 0 Å². The lowest BCUT2D eigenvalue weighted by Gasteiger charge is -2.33. The summed E-state index contributed by atoms with van der Waals surface area (Å²) in [6, 6.07) is 6.39. The summed E-state index contributed by atoms with van der Waals surface area (Å²) in [7, 11) is 3.29. The lowest BCUT2D eigenvalue weighted by molar-refractivity contribution is -0.186. The minimum Gasteiger partial charge on any atom is -0.345 e. The van der Waals surface area contributed by atoms with Crippen LogP contribution in [-0.4, -0.2) is 61.5 Å². The molecule has 8 heteroatoms. The third-order valence-electron chi connectivity index (χ3n) is 4.16. The molecule has 0 saturated carbocycles. The van der Waals surface area contributed by atoms with E-state index in [1.807, 2.05) is 0 Å². The molecule has 0 radical (unpaired) electrons. The van der Waals surface area contributed by atoms with Crippen molar-refractivity contribution in [2.75, 3.05) is 39.0 Å². The molecule has 1 aliphatic heterocycles. The Morgan fingerprint density at radius 1 is 1.24 bits per heavy atom. The number of amides is 2. The second-order valence-electron chi connectivity index (χ2n) is 6.44. The van der Waals surface area contributed by atoms with Crippen LogP contribution in [-0.2, 0) is 4.79 Å². The van der Waals surface area contributed by atoms with E-state index in [1.165, 1.54) is 9.80 Å². The third kappa shape index (κ3) is 5.45. The van der Waals surface area contributed by atoms with Crippen molar-refractivity contribution < 1.29 is 22.8 Å². The molecule has 5 nitrogen and oxygen atoms in total. The van der Waals surface area contributed by atoms with Crippen LogP contribution in [0.15, 0.2) is 24.3 Å². The standard InChI is InChI=1S/C17H22F3N3O2/c1-22(2)16(25)12-5-7-14(8-6-12)21-15(24)11-23-9-3-4-13(10-23)17(18,19)20/h5-8,13H,3-4,9-11H2,1-2H3,(H,21,24). The van der Waals surface area contributed by atoms with E-state index >= 15 is 0 Å². The summed E-state index contributed by atoms with van der Waals surface area (Å²) in [5.41, 5.74) is 0.997. The number of rotatable bonds is 4. The molecular weight excluding hydrogens is 335 g/mol. The summed E-state index contributed by atoms with van der Waals surface area (Å²) in [5, 5.41) is 2.65. The highest BCUT2D eigenvalue weighted by Gasteiger charge is 2.41. The van der Waals surface area contributed by atoms with Crippen LogP contribution < -0.4 is 5.32 Å². The van der Waals surface area contributed by atoms with Crippen molar-refractivity contribution in [1.29, 1.82) is 0 Å². The first-order valence-corrected chi connectivity index (χ1v) is 8.07. The van der Waals surface area contributed by atoms with Crippen molar-refractivity contribution in [3.05, 3.63) is 29.8 Å². The van der Waals surface area contributed by atoms with E-state index in [2.05, 4.69) is 5.32 Å². The van der Waals surface area contributed by atoms with E-state index in [0.29, 0.717) is 24.2 Å². The first-order valence-electron chi connectivity index (χ1n) is 8.07. The fraction of sp³-hybridized carbons (Fsp3) is 0.529. The summed E-state index contributed by atoms with van der Waals surface area (Å²) < 4.78 is 38.4. The van der Waals surface area contributed by atoms with Crippen LogP contribution in [0, 0.1) is 5.92 Å². The number of likely N-dealkylation sites (tertiary alicyclic amines) is 1. The number of hydrogen-bond donors (Lipinski definition) is 1. The van der Waals surface area contributed by atoms with Gasteiger partial charge in [-0.1, -0.05) is 0 Å². The van der Waals surface area contributed by atoms with Gasteiger partial charge in [-0.15, -0.1) is 0 Å². The molecule has 0 bridgehead atoms.